The molecule has 2 aliphatic rings. The largest absolute Gasteiger partial charge is 0.444 e. The van der Waals surface area contributed by atoms with Gasteiger partial charge in [0.25, 0.3) is 11.8 Å². The zero-order valence-corrected chi connectivity index (χ0v) is 18.9. The highest BCUT2D eigenvalue weighted by Gasteiger charge is 2.27. The van der Waals surface area contributed by atoms with Gasteiger partial charge in [-0.05, 0) is 65.0 Å². The second-order valence-electron chi connectivity index (χ2n) is 8.17. The number of rotatable bonds is 5. The Morgan fingerprint density at radius 1 is 1.00 bits per heavy atom. The van der Waals surface area contributed by atoms with Crippen LogP contribution in [0.15, 0.2) is 45.5 Å². The number of piperazine rings is 1. The number of carbonyl (C=O) groups excluding carboxylic acids is 3. The average Bonchev–Trinajstić information content (AvgIpc) is 3.45. The Morgan fingerprint density at radius 2 is 1.71 bits per heavy atom. The van der Waals surface area contributed by atoms with Gasteiger partial charge in [0.15, 0.2) is 10.4 Å². The van der Waals surface area contributed by atoms with E-state index in [-0.39, 0.29) is 23.5 Å². The quantitative estimate of drug-likeness (QED) is 0.686. The molecule has 31 heavy (non-hydrogen) atoms. The third kappa shape index (κ3) is 5.36. The molecule has 164 valence electrons. The number of hydrogen-bond donors (Lipinski definition) is 1. The van der Waals surface area contributed by atoms with Crippen LogP contribution in [0.4, 0.5) is 5.69 Å². The summed E-state index contributed by atoms with van der Waals surface area (Å²) in [5.74, 6) is 0.451. The fourth-order valence-electron chi connectivity index (χ4n) is 4.29. The van der Waals surface area contributed by atoms with Crippen LogP contribution in [-0.4, -0.2) is 53.7 Å². The molecule has 4 rings (SSSR count). The van der Waals surface area contributed by atoms with Crippen molar-refractivity contribution in [1.82, 2.24) is 9.80 Å². The van der Waals surface area contributed by atoms with Crippen molar-refractivity contribution in [2.24, 2.45) is 5.92 Å². The van der Waals surface area contributed by atoms with E-state index >= 15 is 0 Å². The fourth-order valence-corrected chi connectivity index (χ4v) is 4.60. The minimum absolute atomic E-state index is 0.0975. The Balaban J connectivity index is 1.32. The normalized spacial score (nSPS) is 17.1. The zero-order valence-electron chi connectivity index (χ0n) is 17.3. The van der Waals surface area contributed by atoms with Gasteiger partial charge in [-0.3, -0.25) is 14.4 Å². The van der Waals surface area contributed by atoms with E-state index in [0.29, 0.717) is 54.4 Å². The van der Waals surface area contributed by atoms with Gasteiger partial charge in [-0.1, -0.05) is 18.9 Å². The number of anilines is 1. The molecule has 0 atom stereocenters. The van der Waals surface area contributed by atoms with Crippen molar-refractivity contribution in [1.29, 1.82) is 0 Å². The van der Waals surface area contributed by atoms with Crippen LogP contribution >= 0.6 is 15.9 Å². The topological polar surface area (TPSA) is 82.9 Å². The van der Waals surface area contributed by atoms with E-state index in [1.165, 1.54) is 12.8 Å². The maximum Gasteiger partial charge on any atom is 0.291 e. The van der Waals surface area contributed by atoms with Crippen LogP contribution in [0.1, 0.15) is 53.0 Å². The molecule has 0 bridgehead atoms. The average molecular weight is 488 g/mol. The van der Waals surface area contributed by atoms with Crippen LogP contribution in [-0.2, 0) is 4.79 Å². The molecule has 1 N–H and O–H groups in total. The Bertz CT molecular complexity index is 959. The molecular formula is C23H26BrN3O4. The number of hydrogen-bond acceptors (Lipinski definition) is 4. The first kappa shape index (κ1) is 21.6. The van der Waals surface area contributed by atoms with Crippen LogP contribution in [0.5, 0.6) is 0 Å². The molecule has 1 aromatic carbocycles. The van der Waals surface area contributed by atoms with Crippen LogP contribution < -0.4 is 5.32 Å². The second-order valence-corrected chi connectivity index (χ2v) is 8.95. The van der Waals surface area contributed by atoms with E-state index in [4.69, 9.17) is 4.42 Å². The molecule has 0 spiro atoms. The highest BCUT2D eigenvalue weighted by atomic mass is 79.9. The Labute approximate surface area is 189 Å². The van der Waals surface area contributed by atoms with E-state index in [2.05, 4.69) is 21.2 Å². The van der Waals surface area contributed by atoms with E-state index in [9.17, 15) is 14.4 Å². The first-order chi connectivity index (χ1) is 15.0. The van der Waals surface area contributed by atoms with Gasteiger partial charge >= 0.3 is 0 Å². The molecule has 8 heteroatoms. The lowest BCUT2D eigenvalue weighted by Crippen LogP contribution is -2.50. The minimum Gasteiger partial charge on any atom is -0.444 e. The van der Waals surface area contributed by atoms with Crippen LogP contribution in [0.2, 0.25) is 0 Å². The van der Waals surface area contributed by atoms with Crippen molar-refractivity contribution < 1.29 is 18.8 Å². The highest BCUT2D eigenvalue weighted by molar-refractivity contribution is 9.10. The lowest BCUT2D eigenvalue weighted by atomic mass is 10.0. The number of nitrogens with zero attached hydrogens (tertiary/aromatic N) is 2. The molecule has 3 amide bonds. The van der Waals surface area contributed by atoms with Gasteiger partial charge in [0.1, 0.15) is 0 Å². The Hall–Kier alpha value is -2.61. The molecule has 1 aliphatic heterocycles. The van der Waals surface area contributed by atoms with Crippen molar-refractivity contribution in [2.75, 3.05) is 31.5 Å². The standard InChI is InChI=1S/C23H26BrN3O4/c24-20-9-8-19(31-20)22(29)25-18-7-3-6-17(15-18)23(30)27-12-10-26(11-13-27)21(28)14-16-4-1-2-5-16/h3,6-9,15-16H,1-2,4-5,10-14H2,(H,25,29). The summed E-state index contributed by atoms with van der Waals surface area (Å²) in [6.45, 7) is 2.18. The van der Waals surface area contributed by atoms with Gasteiger partial charge in [0, 0.05) is 43.9 Å². The van der Waals surface area contributed by atoms with E-state index in [0.717, 1.165) is 12.8 Å². The summed E-state index contributed by atoms with van der Waals surface area (Å²) in [5.41, 5.74) is 1.03. The molecule has 1 saturated heterocycles. The molecule has 2 heterocycles. The van der Waals surface area contributed by atoms with Crippen LogP contribution in [0, 0.1) is 5.92 Å². The summed E-state index contributed by atoms with van der Waals surface area (Å²) in [6, 6.07) is 10.1. The van der Waals surface area contributed by atoms with Gasteiger partial charge in [-0.25, -0.2) is 0 Å². The molecule has 7 nitrogen and oxygen atoms in total. The molecule has 1 aliphatic carbocycles. The monoisotopic (exact) mass is 487 g/mol. The van der Waals surface area contributed by atoms with Crippen molar-refractivity contribution in [3.63, 3.8) is 0 Å². The first-order valence-electron chi connectivity index (χ1n) is 10.7. The number of carbonyl (C=O) groups is 3. The maximum absolute atomic E-state index is 13.0. The Morgan fingerprint density at radius 3 is 2.39 bits per heavy atom. The smallest absolute Gasteiger partial charge is 0.291 e. The number of furan rings is 1. The summed E-state index contributed by atoms with van der Waals surface area (Å²) in [6.07, 6.45) is 5.43. The molecule has 0 unspecified atom stereocenters. The van der Waals surface area contributed by atoms with Gasteiger partial charge in [0.2, 0.25) is 5.91 Å². The van der Waals surface area contributed by atoms with Crippen molar-refractivity contribution >= 4 is 39.3 Å². The van der Waals surface area contributed by atoms with E-state index in [1.807, 2.05) is 4.90 Å². The third-order valence-electron chi connectivity index (χ3n) is 6.02. The summed E-state index contributed by atoms with van der Waals surface area (Å²) in [7, 11) is 0. The number of nitrogens with one attached hydrogen (secondary N) is 1. The third-order valence-corrected chi connectivity index (χ3v) is 6.45. The highest BCUT2D eigenvalue weighted by Crippen LogP contribution is 2.28. The summed E-state index contributed by atoms with van der Waals surface area (Å²) in [4.78, 5) is 41.4. The number of amides is 3. The van der Waals surface area contributed by atoms with Crippen molar-refractivity contribution in [3.8, 4) is 0 Å². The predicted octanol–water partition coefficient (Wildman–Crippen LogP) is 4.16. The van der Waals surface area contributed by atoms with Crippen molar-refractivity contribution in [3.05, 3.63) is 52.4 Å². The maximum atomic E-state index is 13.0. The molecule has 2 aromatic rings. The van der Waals surface area contributed by atoms with Crippen LogP contribution in [0.3, 0.4) is 0 Å². The number of benzene rings is 1. The summed E-state index contributed by atoms with van der Waals surface area (Å²) < 4.78 is 5.73. The minimum atomic E-state index is -0.385. The van der Waals surface area contributed by atoms with Gasteiger partial charge in [-0.2, -0.15) is 0 Å². The van der Waals surface area contributed by atoms with Gasteiger partial charge < -0.3 is 19.5 Å². The fraction of sp³-hybridized carbons (Fsp3) is 0.435. The SMILES string of the molecule is O=C(Nc1cccc(C(=O)N2CCN(C(=O)CC3CCCC3)CC2)c1)c1ccc(Br)o1. The van der Waals surface area contributed by atoms with Gasteiger partial charge in [-0.15, -0.1) is 0 Å². The summed E-state index contributed by atoms with van der Waals surface area (Å²) >= 11 is 3.17. The first-order valence-corrected chi connectivity index (χ1v) is 11.5. The van der Waals surface area contributed by atoms with E-state index in [1.54, 1.807) is 41.3 Å². The summed E-state index contributed by atoms with van der Waals surface area (Å²) in [5, 5.41) is 2.75. The lowest BCUT2D eigenvalue weighted by Gasteiger charge is -2.35. The van der Waals surface area contributed by atoms with E-state index < -0.39 is 0 Å². The molecule has 1 saturated carbocycles. The number of halogens is 1. The Kier molecular flexibility index (Phi) is 6.75. The molecular weight excluding hydrogens is 462 g/mol. The van der Waals surface area contributed by atoms with Crippen molar-refractivity contribution in [2.45, 2.75) is 32.1 Å². The second kappa shape index (κ2) is 9.68. The lowest BCUT2D eigenvalue weighted by molar-refractivity contribution is -0.133. The molecule has 0 radical (unpaired) electrons. The predicted molar refractivity (Wildman–Crippen MR) is 120 cm³/mol. The zero-order chi connectivity index (χ0) is 21.8. The molecule has 2 fully saturated rings. The molecule has 1 aromatic heterocycles. The van der Waals surface area contributed by atoms with Crippen LogP contribution in [0.25, 0.3) is 0 Å². The van der Waals surface area contributed by atoms with Gasteiger partial charge in [0.05, 0.1) is 0 Å².